The fourth-order valence-electron chi connectivity index (χ4n) is 3.70. The number of aromatic amines is 1. The maximum atomic E-state index is 13.6. The van der Waals surface area contributed by atoms with Crippen LogP contribution in [0.4, 0.5) is 4.39 Å². The summed E-state index contributed by atoms with van der Waals surface area (Å²) in [7, 11) is 1.73. The number of nitrogens with one attached hydrogen (secondary N) is 2. The maximum absolute atomic E-state index is 13.6. The molecule has 3 heterocycles. The van der Waals surface area contributed by atoms with E-state index in [9.17, 15) is 14.3 Å². The fraction of sp³-hybridized carbons (Fsp3) is 0.333. The molecule has 156 valence electrons. The Morgan fingerprint density at radius 2 is 2.17 bits per heavy atom. The van der Waals surface area contributed by atoms with Crippen LogP contribution in [0.15, 0.2) is 30.6 Å². The molecule has 1 amide bonds. The van der Waals surface area contributed by atoms with Crippen LogP contribution in [0.25, 0.3) is 33.5 Å². The van der Waals surface area contributed by atoms with Crippen LogP contribution < -0.4 is 5.32 Å². The average molecular weight is 410 g/mol. The van der Waals surface area contributed by atoms with E-state index in [0.29, 0.717) is 40.1 Å². The van der Waals surface area contributed by atoms with Gasteiger partial charge in [0.2, 0.25) is 0 Å². The van der Waals surface area contributed by atoms with Crippen molar-refractivity contribution in [3.8, 4) is 11.4 Å². The molecule has 0 aliphatic heterocycles. The third-order valence-electron chi connectivity index (χ3n) is 4.86. The second-order valence-electron chi connectivity index (χ2n) is 8.18. The van der Waals surface area contributed by atoms with Crippen molar-refractivity contribution in [2.24, 2.45) is 7.05 Å². The van der Waals surface area contributed by atoms with Crippen molar-refractivity contribution in [3.63, 3.8) is 0 Å². The van der Waals surface area contributed by atoms with Gasteiger partial charge in [-0.15, -0.1) is 0 Å². The number of fused-ring (bicyclic) bond motifs is 2. The number of aryl methyl sites for hydroxylation is 1. The van der Waals surface area contributed by atoms with Crippen molar-refractivity contribution in [2.45, 2.75) is 38.8 Å². The lowest BCUT2D eigenvalue weighted by molar-refractivity contribution is 0.0593. The molecule has 3 aromatic heterocycles. The molecular formula is C21H23FN6O2. The van der Waals surface area contributed by atoms with Crippen LogP contribution in [-0.2, 0) is 7.05 Å². The number of rotatable bonds is 5. The van der Waals surface area contributed by atoms with Gasteiger partial charge in [0.05, 0.1) is 22.9 Å². The van der Waals surface area contributed by atoms with Crippen LogP contribution in [0.1, 0.15) is 37.6 Å². The van der Waals surface area contributed by atoms with E-state index in [1.54, 1.807) is 44.0 Å². The molecule has 1 aromatic carbocycles. The smallest absolute Gasteiger partial charge is 0.255 e. The van der Waals surface area contributed by atoms with Crippen molar-refractivity contribution >= 4 is 28.0 Å². The molecule has 1 unspecified atom stereocenters. The first kappa shape index (κ1) is 20.0. The summed E-state index contributed by atoms with van der Waals surface area (Å²) in [5, 5.41) is 18.0. The van der Waals surface area contributed by atoms with Crippen LogP contribution in [0.5, 0.6) is 0 Å². The molecule has 0 radical (unpaired) electrons. The van der Waals surface area contributed by atoms with Gasteiger partial charge < -0.3 is 15.4 Å². The van der Waals surface area contributed by atoms with Gasteiger partial charge in [-0.1, -0.05) is 0 Å². The number of benzene rings is 1. The van der Waals surface area contributed by atoms with Crippen LogP contribution in [0, 0.1) is 5.82 Å². The summed E-state index contributed by atoms with van der Waals surface area (Å²) in [6.07, 6.45) is 3.55. The Bertz CT molecular complexity index is 1250. The molecule has 4 aromatic rings. The number of carbonyl (C=O) groups excluding carboxylic acids is 1. The molecule has 0 fully saturated rings. The monoisotopic (exact) mass is 410 g/mol. The molecule has 4 rings (SSSR count). The minimum atomic E-state index is -0.889. The van der Waals surface area contributed by atoms with Crippen LogP contribution in [-0.4, -0.2) is 47.4 Å². The SMILES string of the molecule is CC(CC(C)(C)O)NC(=O)c1c[nH]c2ncc(-c3nn(C)c4cc(F)ccc34)nc12. The molecule has 0 aliphatic rings. The van der Waals surface area contributed by atoms with Crippen molar-refractivity contribution in [3.05, 3.63) is 42.0 Å². The number of H-pyrrole nitrogens is 1. The number of carbonyl (C=O) groups is 1. The molecule has 8 nitrogen and oxygen atoms in total. The number of aromatic nitrogens is 5. The second-order valence-corrected chi connectivity index (χ2v) is 8.18. The maximum Gasteiger partial charge on any atom is 0.255 e. The highest BCUT2D eigenvalue weighted by Gasteiger charge is 2.22. The van der Waals surface area contributed by atoms with Crippen molar-refractivity contribution < 1.29 is 14.3 Å². The van der Waals surface area contributed by atoms with Gasteiger partial charge in [0.1, 0.15) is 22.7 Å². The number of amides is 1. The Balaban J connectivity index is 1.71. The summed E-state index contributed by atoms with van der Waals surface area (Å²) >= 11 is 0. The third-order valence-corrected chi connectivity index (χ3v) is 4.86. The molecule has 9 heteroatoms. The third kappa shape index (κ3) is 3.76. The lowest BCUT2D eigenvalue weighted by Gasteiger charge is -2.22. The molecule has 0 aliphatic carbocycles. The number of hydrogen-bond donors (Lipinski definition) is 3. The van der Waals surface area contributed by atoms with E-state index in [1.165, 1.54) is 12.1 Å². The zero-order chi connectivity index (χ0) is 21.6. The van der Waals surface area contributed by atoms with E-state index in [4.69, 9.17) is 0 Å². The summed E-state index contributed by atoms with van der Waals surface area (Å²) in [5.74, 6) is -0.652. The Morgan fingerprint density at radius 3 is 2.90 bits per heavy atom. The first-order chi connectivity index (χ1) is 14.1. The van der Waals surface area contributed by atoms with E-state index in [1.807, 2.05) is 6.92 Å². The van der Waals surface area contributed by atoms with Crippen molar-refractivity contribution in [2.75, 3.05) is 0 Å². The van der Waals surface area contributed by atoms with E-state index >= 15 is 0 Å². The van der Waals surface area contributed by atoms with Gasteiger partial charge in [0.15, 0.2) is 5.65 Å². The van der Waals surface area contributed by atoms with E-state index < -0.39 is 5.60 Å². The minimum Gasteiger partial charge on any atom is -0.390 e. The number of aliphatic hydroxyl groups is 1. The highest BCUT2D eigenvalue weighted by molar-refractivity contribution is 6.05. The largest absolute Gasteiger partial charge is 0.390 e. The summed E-state index contributed by atoms with van der Waals surface area (Å²) in [4.78, 5) is 24.7. The predicted molar refractivity (Wildman–Crippen MR) is 111 cm³/mol. The fourth-order valence-corrected chi connectivity index (χ4v) is 3.70. The summed E-state index contributed by atoms with van der Waals surface area (Å²) in [6.45, 7) is 5.23. The van der Waals surface area contributed by atoms with E-state index in [0.717, 1.165) is 5.39 Å². The van der Waals surface area contributed by atoms with Crippen LogP contribution in [0.2, 0.25) is 0 Å². The normalized spacial score (nSPS) is 13.1. The zero-order valence-electron chi connectivity index (χ0n) is 17.2. The first-order valence-corrected chi connectivity index (χ1v) is 9.62. The summed E-state index contributed by atoms with van der Waals surface area (Å²) in [6, 6.07) is 4.21. The summed E-state index contributed by atoms with van der Waals surface area (Å²) < 4.78 is 15.2. The zero-order valence-corrected chi connectivity index (χ0v) is 17.2. The quantitative estimate of drug-likeness (QED) is 0.469. The minimum absolute atomic E-state index is 0.228. The highest BCUT2D eigenvalue weighted by atomic mass is 19.1. The molecule has 0 saturated heterocycles. The van der Waals surface area contributed by atoms with E-state index in [-0.39, 0.29) is 17.8 Å². The number of halogens is 1. The average Bonchev–Trinajstić information content (AvgIpc) is 3.21. The standard InChI is InChI=1S/C21H23FN6O2/c1-11(8-21(2,3)30)25-20(29)14-9-23-19-18(14)26-15(10-24-19)17-13-6-5-12(22)7-16(13)28(4)27-17/h5-7,9-11,30H,8H2,1-4H3,(H,23,24)(H,25,29). The van der Waals surface area contributed by atoms with Gasteiger partial charge in [-0.25, -0.2) is 14.4 Å². The van der Waals surface area contributed by atoms with Gasteiger partial charge >= 0.3 is 0 Å². The molecule has 1 atom stereocenters. The Hall–Kier alpha value is -3.33. The molecule has 3 N–H and O–H groups in total. The van der Waals surface area contributed by atoms with Crippen LogP contribution in [0.3, 0.4) is 0 Å². The number of nitrogens with zero attached hydrogens (tertiary/aromatic N) is 4. The summed E-state index contributed by atoms with van der Waals surface area (Å²) in [5.41, 5.74) is 2.04. The topological polar surface area (TPSA) is 109 Å². The second kappa shape index (κ2) is 7.17. The Morgan fingerprint density at radius 1 is 1.40 bits per heavy atom. The molecular weight excluding hydrogens is 387 g/mol. The molecule has 0 saturated carbocycles. The van der Waals surface area contributed by atoms with Crippen molar-refractivity contribution in [1.82, 2.24) is 30.0 Å². The van der Waals surface area contributed by atoms with Crippen molar-refractivity contribution in [1.29, 1.82) is 0 Å². The Labute approximate surface area is 172 Å². The predicted octanol–water partition coefficient (Wildman–Crippen LogP) is 2.93. The molecule has 0 spiro atoms. The number of hydrogen-bond acceptors (Lipinski definition) is 5. The van der Waals surface area contributed by atoms with Gasteiger partial charge in [-0.2, -0.15) is 5.10 Å². The lowest BCUT2D eigenvalue weighted by atomic mass is 10.00. The molecule has 30 heavy (non-hydrogen) atoms. The van der Waals surface area contributed by atoms with Gasteiger partial charge in [-0.05, 0) is 45.4 Å². The molecule has 0 bridgehead atoms. The highest BCUT2D eigenvalue weighted by Crippen LogP contribution is 2.28. The van der Waals surface area contributed by atoms with Crippen LogP contribution >= 0.6 is 0 Å². The Kier molecular flexibility index (Phi) is 4.77. The first-order valence-electron chi connectivity index (χ1n) is 9.62. The van der Waals surface area contributed by atoms with E-state index in [2.05, 4.69) is 25.4 Å². The van der Waals surface area contributed by atoms with Gasteiger partial charge in [0, 0.05) is 24.7 Å². The lowest BCUT2D eigenvalue weighted by Crippen LogP contribution is -2.38. The van der Waals surface area contributed by atoms with Gasteiger partial charge in [0.25, 0.3) is 5.91 Å². The van der Waals surface area contributed by atoms with Gasteiger partial charge in [-0.3, -0.25) is 9.48 Å².